The Labute approximate surface area is 172 Å². The second kappa shape index (κ2) is 8.21. The molecule has 4 rings (SSSR count). The number of rotatable bonds is 7. The normalized spacial score (nSPS) is 14.7. The Morgan fingerprint density at radius 3 is 2.34 bits per heavy atom. The highest BCUT2D eigenvalue weighted by Gasteiger charge is 2.40. The number of hydrogen-bond acceptors (Lipinski definition) is 3. The first kappa shape index (κ1) is 19.4. The van der Waals surface area contributed by atoms with Crippen LogP contribution in [0.4, 0.5) is 0 Å². The number of amides is 1. The average Bonchev–Trinajstić information content (AvgIpc) is 3.31. The number of nitrogens with zero attached hydrogens (tertiary/aromatic N) is 3. The van der Waals surface area contributed by atoms with Crippen molar-refractivity contribution >= 4 is 5.91 Å². The maximum Gasteiger partial charge on any atom is 0.241 e. The van der Waals surface area contributed by atoms with Crippen LogP contribution in [0, 0.1) is 6.92 Å². The van der Waals surface area contributed by atoms with E-state index in [0.29, 0.717) is 6.54 Å². The lowest BCUT2D eigenvalue weighted by molar-refractivity contribution is -0.122. The standard InChI is InChI=1S/C24H28N4O/c1-19-12-13-28(26-19)17-23(29)25-18-24(14-21-10-6-7-11-22(21)15-24)27(2)16-20-8-4-3-5-9-20/h3-13H,14-18H2,1-2H3,(H,25,29). The fraction of sp³-hybridized carbons (Fsp3) is 0.333. The van der Waals surface area contributed by atoms with E-state index in [2.05, 4.69) is 70.9 Å². The molecule has 1 amide bonds. The molecule has 5 heteroatoms. The maximum atomic E-state index is 12.6. The number of fused-ring (bicyclic) bond motifs is 1. The summed E-state index contributed by atoms with van der Waals surface area (Å²) in [7, 11) is 2.17. The number of aryl methyl sites for hydroxylation is 1. The predicted octanol–water partition coefficient (Wildman–Crippen LogP) is 2.98. The molecular formula is C24H28N4O. The summed E-state index contributed by atoms with van der Waals surface area (Å²) in [6.07, 6.45) is 3.72. The van der Waals surface area contributed by atoms with Crippen LogP contribution >= 0.6 is 0 Å². The summed E-state index contributed by atoms with van der Waals surface area (Å²) >= 11 is 0. The molecule has 1 aliphatic rings. The molecule has 0 spiro atoms. The number of hydrogen-bond donors (Lipinski definition) is 1. The molecule has 1 aromatic heterocycles. The SMILES string of the molecule is Cc1ccn(CC(=O)NCC2(N(C)Cc3ccccc3)Cc3ccccc3C2)n1. The van der Waals surface area contributed by atoms with Gasteiger partial charge in [-0.05, 0) is 49.6 Å². The van der Waals surface area contributed by atoms with Gasteiger partial charge in [0.25, 0.3) is 0 Å². The quantitative estimate of drug-likeness (QED) is 0.677. The summed E-state index contributed by atoms with van der Waals surface area (Å²) in [4.78, 5) is 15.0. The van der Waals surface area contributed by atoms with Gasteiger partial charge in [0.15, 0.2) is 0 Å². The van der Waals surface area contributed by atoms with Crippen molar-refractivity contribution in [1.82, 2.24) is 20.0 Å². The highest BCUT2D eigenvalue weighted by Crippen LogP contribution is 2.34. The van der Waals surface area contributed by atoms with Gasteiger partial charge < -0.3 is 5.32 Å². The van der Waals surface area contributed by atoms with Crippen molar-refractivity contribution in [3.05, 3.63) is 89.2 Å². The van der Waals surface area contributed by atoms with E-state index in [-0.39, 0.29) is 18.0 Å². The van der Waals surface area contributed by atoms with E-state index in [9.17, 15) is 4.79 Å². The first-order valence-corrected chi connectivity index (χ1v) is 10.1. The summed E-state index contributed by atoms with van der Waals surface area (Å²) in [5.41, 5.74) is 4.83. The van der Waals surface area contributed by atoms with Crippen molar-refractivity contribution in [2.24, 2.45) is 0 Å². The molecule has 0 atom stereocenters. The number of benzene rings is 2. The van der Waals surface area contributed by atoms with Crippen LogP contribution in [-0.2, 0) is 30.7 Å². The van der Waals surface area contributed by atoms with Crippen molar-refractivity contribution in [2.75, 3.05) is 13.6 Å². The van der Waals surface area contributed by atoms with Crippen LogP contribution in [0.25, 0.3) is 0 Å². The van der Waals surface area contributed by atoms with E-state index in [0.717, 1.165) is 25.1 Å². The maximum absolute atomic E-state index is 12.6. The Morgan fingerprint density at radius 2 is 1.72 bits per heavy atom. The Kier molecular flexibility index (Phi) is 5.49. The van der Waals surface area contributed by atoms with Crippen LogP contribution < -0.4 is 5.32 Å². The van der Waals surface area contributed by atoms with Gasteiger partial charge in [-0.2, -0.15) is 5.10 Å². The third-order valence-corrected chi connectivity index (χ3v) is 5.92. The molecule has 5 nitrogen and oxygen atoms in total. The van der Waals surface area contributed by atoms with Crippen molar-refractivity contribution in [1.29, 1.82) is 0 Å². The molecule has 29 heavy (non-hydrogen) atoms. The van der Waals surface area contributed by atoms with Gasteiger partial charge in [-0.1, -0.05) is 54.6 Å². The first-order chi connectivity index (χ1) is 14.0. The Morgan fingerprint density at radius 1 is 1.07 bits per heavy atom. The van der Waals surface area contributed by atoms with E-state index in [1.165, 1.54) is 16.7 Å². The summed E-state index contributed by atoms with van der Waals surface area (Å²) in [6.45, 7) is 3.64. The Bertz CT molecular complexity index is 954. The lowest BCUT2D eigenvalue weighted by Gasteiger charge is -2.39. The van der Waals surface area contributed by atoms with Crippen LogP contribution in [0.1, 0.15) is 22.4 Å². The minimum atomic E-state index is -0.130. The number of aromatic nitrogens is 2. The fourth-order valence-electron chi connectivity index (χ4n) is 4.25. The molecule has 0 saturated heterocycles. The molecule has 1 N–H and O–H groups in total. The molecule has 3 aromatic rings. The Hall–Kier alpha value is -2.92. The highest BCUT2D eigenvalue weighted by atomic mass is 16.2. The third-order valence-electron chi connectivity index (χ3n) is 5.92. The van der Waals surface area contributed by atoms with Crippen molar-refractivity contribution in [3.63, 3.8) is 0 Å². The van der Waals surface area contributed by atoms with Gasteiger partial charge in [0, 0.05) is 24.8 Å². The van der Waals surface area contributed by atoms with E-state index in [1.807, 2.05) is 25.3 Å². The van der Waals surface area contributed by atoms with Crippen LogP contribution in [0.2, 0.25) is 0 Å². The Balaban J connectivity index is 1.49. The number of likely N-dealkylation sites (N-methyl/N-ethyl adjacent to an activating group) is 1. The van der Waals surface area contributed by atoms with Gasteiger partial charge in [0.1, 0.15) is 6.54 Å². The van der Waals surface area contributed by atoms with Gasteiger partial charge in [-0.15, -0.1) is 0 Å². The molecule has 1 aliphatic carbocycles. The third kappa shape index (κ3) is 4.40. The zero-order chi connectivity index (χ0) is 20.3. The van der Waals surface area contributed by atoms with Gasteiger partial charge in [0.2, 0.25) is 5.91 Å². The van der Waals surface area contributed by atoms with Gasteiger partial charge in [-0.25, -0.2) is 0 Å². The molecular weight excluding hydrogens is 360 g/mol. The second-order valence-electron chi connectivity index (χ2n) is 8.12. The fourth-order valence-corrected chi connectivity index (χ4v) is 4.25. The molecule has 1 heterocycles. The minimum absolute atomic E-state index is 0.00320. The van der Waals surface area contributed by atoms with Crippen LogP contribution in [-0.4, -0.2) is 39.7 Å². The lowest BCUT2D eigenvalue weighted by Crippen LogP contribution is -2.55. The molecule has 150 valence electrons. The topological polar surface area (TPSA) is 50.2 Å². The summed E-state index contributed by atoms with van der Waals surface area (Å²) in [5, 5.41) is 7.50. The monoisotopic (exact) mass is 388 g/mol. The number of carbonyl (C=O) groups excluding carboxylic acids is 1. The summed E-state index contributed by atoms with van der Waals surface area (Å²) in [5.74, 6) is -0.00320. The zero-order valence-corrected chi connectivity index (χ0v) is 17.1. The van der Waals surface area contributed by atoms with Crippen molar-refractivity contribution in [2.45, 2.75) is 38.4 Å². The lowest BCUT2D eigenvalue weighted by atomic mass is 9.92. The zero-order valence-electron chi connectivity index (χ0n) is 17.1. The van der Waals surface area contributed by atoms with Gasteiger partial charge in [0.05, 0.1) is 5.69 Å². The van der Waals surface area contributed by atoms with E-state index < -0.39 is 0 Å². The second-order valence-corrected chi connectivity index (χ2v) is 8.12. The number of carbonyl (C=O) groups is 1. The van der Waals surface area contributed by atoms with Crippen LogP contribution in [0.3, 0.4) is 0 Å². The molecule has 0 unspecified atom stereocenters. The van der Waals surface area contributed by atoms with Crippen LogP contribution in [0.15, 0.2) is 66.9 Å². The highest BCUT2D eigenvalue weighted by molar-refractivity contribution is 5.75. The smallest absolute Gasteiger partial charge is 0.241 e. The van der Waals surface area contributed by atoms with Crippen molar-refractivity contribution in [3.8, 4) is 0 Å². The van der Waals surface area contributed by atoms with E-state index in [4.69, 9.17) is 0 Å². The minimum Gasteiger partial charge on any atom is -0.353 e. The van der Waals surface area contributed by atoms with Crippen LogP contribution in [0.5, 0.6) is 0 Å². The van der Waals surface area contributed by atoms with Gasteiger partial charge >= 0.3 is 0 Å². The molecule has 0 fully saturated rings. The summed E-state index contributed by atoms with van der Waals surface area (Å²) < 4.78 is 1.69. The molecule has 2 aromatic carbocycles. The largest absolute Gasteiger partial charge is 0.353 e. The summed E-state index contributed by atoms with van der Waals surface area (Å²) in [6, 6.07) is 21.0. The number of nitrogens with one attached hydrogen (secondary N) is 1. The molecule has 0 saturated carbocycles. The van der Waals surface area contributed by atoms with Crippen molar-refractivity contribution < 1.29 is 4.79 Å². The first-order valence-electron chi connectivity index (χ1n) is 10.1. The van der Waals surface area contributed by atoms with Gasteiger partial charge in [-0.3, -0.25) is 14.4 Å². The van der Waals surface area contributed by atoms with E-state index >= 15 is 0 Å². The molecule has 0 radical (unpaired) electrons. The molecule has 0 bridgehead atoms. The predicted molar refractivity (Wildman–Crippen MR) is 114 cm³/mol. The average molecular weight is 389 g/mol. The van der Waals surface area contributed by atoms with E-state index in [1.54, 1.807) is 4.68 Å². The molecule has 0 aliphatic heterocycles.